The van der Waals surface area contributed by atoms with Gasteiger partial charge in [0.05, 0.1) is 13.2 Å². The molecular formula is C12H16O3. The molecule has 0 radical (unpaired) electrons. The van der Waals surface area contributed by atoms with Crippen LogP contribution >= 0.6 is 0 Å². The second kappa shape index (κ2) is 10.6. The van der Waals surface area contributed by atoms with Gasteiger partial charge in [0, 0.05) is 5.92 Å². The van der Waals surface area contributed by atoms with E-state index in [1.165, 1.54) is 0 Å². The summed E-state index contributed by atoms with van der Waals surface area (Å²) in [5.41, 5.74) is 0. The first kappa shape index (κ1) is 13.5. The summed E-state index contributed by atoms with van der Waals surface area (Å²) in [5.74, 6) is 2.66. The van der Waals surface area contributed by atoms with Crippen molar-refractivity contribution in [2.24, 2.45) is 0 Å². The monoisotopic (exact) mass is 208 g/mol. The van der Waals surface area contributed by atoms with Gasteiger partial charge in [-0.05, 0) is 0 Å². The zero-order valence-electron chi connectivity index (χ0n) is 8.78. The number of ether oxygens (including phenoxy) is 3. The Morgan fingerprint density at radius 2 is 1.47 bits per heavy atom. The summed E-state index contributed by atoms with van der Waals surface area (Å²) in [4.78, 5) is 0. The summed E-state index contributed by atoms with van der Waals surface area (Å²) in [6.07, 6.45) is 6.70. The second-order valence-corrected chi connectivity index (χ2v) is 2.42. The van der Waals surface area contributed by atoms with Crippen molar-refractivity contribution in [2.45, 2.75) is 6.29 Å². The van der Waals surface area contributed by atoms with E-state index in [-0.39, 0.29) is 0 Å². The van der Waals surface area contributed by atoms with E-state index < -0.39 is 6.29 Å². The highest BCUT2D eigenvalue weighted by Gasteiger charge is 2.02. The van der Waals surface area contributed by atoms with Gasteiger partial charge >= 0.3 is 0 Å². The first-order valence-electron chi connectivity index (χ1n) is 4.53. The van der Waals surface area contributed by atoms with Crippen LogP contribution in [-0.2, 0) is 14.2 Å². The van der Waals surface area contributed by atoms with Crippen molar-refractivity contribution >= 4 is 0 Å². The Hall–Kier alpha value is -1.50. The van der Waals surface area contributed by atoms with Crippen LogP contribution in [0.25, 0.3) is 0 Å². The average Bonchev–Trinajstić information content (AvgIpc) is 2.27. The van der Waals surface area contributed by atoms with Crippen LogP contribution in [0.1, 0.15) is 0 Å². The standard InChI is InChI=1S/C12H16O3/c1-4-8-13-11-7-12(14-9-5-2)15-10-6-3/h4-6,12H,1-3,8-10H2. The van der Waals surface area contributed by atoms with E-state index in [1.54, 1.807) is 18.2 Å². The average molecular weight is 208 g/mol. The molecule has 0 spiro atoms. The topological polar surface area (TPSA) is 27.7 Å². The molecule has 0 fully saturated rings. The first-order valence-corrected chi connectivity index (χ1v) is 4.53. The molecule has 0 atom stereocenters. The maximum atomic E-state index is 5.21. The van der Waals surface area contributed by atoms with Crippen LogP contribution in [0.3, 0.4) is 0 Å². The molecule has 0 bridgehead atoms. The predicted molar refractivity (Wildman–Crippen MR) is 60.0 cm³/mol. The lowest BCUT2D eigenvalue weighted by Crippen LogP contribution is -2.15. The quantitative estimate of drug-likeness (QED) is 0.264. The van der Waals surface area contributed by atoms with E-state index in [2.05, 4.69) is 31.8 Å². The molecule has 0 unspecified atom stereocenters. The van der Waals surface area contributed by atoms with Crippen LogP contribution < -0.4 is 0 Å². The van der Waals surface area contributed by atoms with Crippen molar-refractivity contribution < 1.29 is 14.2 Å². The molecule has 0 heterocycles. The molecule has 0 aromatic heterocycles. The van der Waals surface area contributed by atoms with Crippen molar-refractivity contribution in [2.75, 3.05) is 19.8 Å². The highest BCUT2D eigenvalue weighted by molar-refractivity contribution is 4.97. The summed E-state index contributed by atoms with van der Waals surface area (Å²) in [6.45, 7) is 11.7. The highest BCUT2D eigenvalue weighted by Crippen LogP contribution is 1.94. The normalized spacial score (nSPS) is 8.87. The minimum Gasteiger partial charge on any atom is -0.442 e. The Bertz CT molecular complexity index is 235. The zero-order chi connectivity index (χ0) is 11.4. The van der Waals surface area contributed by atoms with E-state index in [9.17, 15) is 0 Å². The number of hydrogen-bond donors (Lipinski definition) is 0. The summed E-state index contributed by atoms with van der Waals surface area (Å²) in [5, 5.41) is 0. The van der Waals surface area contributed by atoms with Crippen LogP contribution in [0.2, 0.25) is 0 Å². The van der Waals surface area contributed by atoms with Crippen LogP contribution in [0.5, 0.6) is 0 Å². The van der Waals surface area contributed by atoms with Crippen LogP contribution in [0, 0.1) is 12.0 Å². The number of rotatable bonds is 8. The van der Waals surface area contributed by atoms with Crippen molar-refractivity contribution in [1.82, 2.24) is 0 Å². The van der Waals surface area contributed by atoms with Crippen molar-refractivity contribution in [3.8, 4) is 12.0 Å². The summed E-state index contributed by atoms with van der Waals surface area (Å²) < 4.78 is 15.3. The smallest absolute Gasteiger partial charge is 0.226 e. The van der Waals surface area contributed by atoms with Crippen molar-refractivity contribution in [3.63, 3.8) is 0 Å². The summed E-state index contributed by atoms with van der Waals surface area (Å²) in [7, 11) is 0. The second-order valence-electron chi connectivity index (χ2n) is 2.42. The van der Waals surface area contributed by atoms with Crippen LogP contribution in [0.4, 0.5) is 0 Å². The Morgan fingerprint density at radius 3 is 1.93 bits per heavy atom. The molecule has 0 saturated carbocycles. The maximum Gasteiger partial charge on any atom is 0.226 e. The molecule has 0 aliphatic rings. The van der Waals surface area contributed by atoms with Crippen molar-refractivity contribution in [1.29, 1.82) is 0 Å². The SMILES string of the molecule is C=CCOC#CC(OCC=C)OCC=C. The molecule has 0 N–H and O–H groups in total. The van der Waals surface area contributed by atoms with E-state index in [4.69, 9.17) is 14.2 Å². The summed E-state index contributed by atoms with van der Waals surface area (Å²) >= 11 is 0. The van der Waals surface area contributed by atoms with Gasteiger partial charge in [-0.3, -0.25) is 0 Å². The molecule has 0 saturated heterocycles. The van der Waals surface area contributed by atoms with Crippen LogP contribution in [0.15, 0.2) is 38.0 Å². The van der Waals surface area contributed by atoms with Gasteiger partial charge in [-0.15, -0.1) is 13.2 Å². The molecular weight excluding hydrogens is 192 g/mol. The van der Waals surface area contributed by atoms with Gasteiger partial charge in [0.15, 0.2) is 0 Å². The van der Waals surface area contributed by atoms with Gasteiger partial charge in [0.1, 0.15) is 12.7 Å². The molecule has 0 aromatic rings. The van der Waals surface area contributed by atoms with Gasteiger partial charge in [-0.1, -0.05) is 24.8 Å². The van der Waals surface area contributed by atoms with Gasteiger partial charge in [0.25, 0.3) is 0 Å². The molecule has 0 aliphatic carbocycles. The largest absolute Gasteiger partial charge is 0.442 e. The molecule has 0 aromatic carbocycles. The fourth-order valence-corrected chi connectivity index (χ4v) is 0.633. The Labute approximate surface area is 91.0 Å². The van der Waals surface area contributed by atoms with Gasteiger partial charge in [-0.2, -0.15) is 0 Å². The molecule has 82 valence electrons. The molecule has 0 rings (SSSR count). The maximum absolute atomic E-state index is 5.21. The highest BCUT2D eigenvalue weighted by atomic mass is 16.7. The molecule has 0 aliphatic heterocycles. The van der Waals surface area contributed by atoms with Gasteiger partial charge in [-0.25, -0.2) is 0 Å². The summed E-state index contributed by atoms with van der Waals surface area (Å²) in [6, 6.07) is 0. The van der Waals surface area contributed by atoms with E-state index in [0.717, 1.165) is 0 Å². The first-order chi connectivity index (χ1) is 7.35. The third-order valence-electron chi connectivity index (χ3n) is 1.18. The van der Waals surface area contributed by atoms with Crippen LogP contribution in [-0.4, -0.2) is 26.1 Å². The lowest BCUT2D eigenvalue weighted by Gasteiger charge is -2.09. The lowest BCUT2D eigenvalue weighted by molar-refractivity contribution is -0.0872. The fourth-order valence-electron chi connectivity index (χ4n) is 0.633. The van der Waals surface area contributed by atoms with E-state index >= 15 is 0 Å². The third kappa shape index (κ3) is 8.82. The van der Waals surface area contributed by atoms with Crippen molar-refractivity contribution in [3.05, 3.63) is 38.0 Å². The predicted octanol–water partition coefficient (Wildman–Crippen LogP) is 1.88. The Balaban J connectivity index is 3.94. The molecule has 0 amide bonds. The van der Waals surface area contributed by atoms with E-state index in [0.29, 0.717) is 19.8 Å². The molecule has 15 heavy (non-hydrogen) atoms. The third-order valence-corrected chi connectivity index (χ3v) is 1.18. The lowest BCUT2D eigenvalue weighted by atomic mass is 10.6. The fraction of sp³-hybridized carbons (Fsp3) is 0.333. The molecule has 3 heteroatoms. The minimum absolute atomic E-state index is 0.373. The molecule has 3 nitrogen and oxygen atoms in total. The van der Waals surface area contributed by atoms with E-state index in [1.807, 2.05) is 0 Å². The Kier molecular flexibility index (Phi) is 9.52. The zero-order valence-corrected chi connectivity index (χ0v) is 8.78. The minimum atomic E-state index is -0.620. The number of hydrogen-bond acceptors (Lipinski definition) is 3. The van der Waals surface area contributed by atoms with Gasteiger partial charge < -0.3 is 14.2 Å². The van der Waals surface area contributed by atoms with Gasteiger partial charge in [0.2, 0.25) is 6.29 Å². The Morgan fingerprint density at radius 1 is 0.933 bits per heavy atom.